The number of hydrogen-bond acceptors (Lipinski definition) is 4. The zero-order chi connectivity index (χ0) is 23.3. The van der Waals surface area contributed by atoms with Gasteiger partial charge in [0, 0.05) is 48.3 Å². The molecule has 7 nitrogen and oxygen atoms in total. The van der Waals surface area contributed by atoms with Gasteiger partial charge in [-0.25, -0.2) is 4.79 Å². The fourth-order valence-electron chi connectivity index (χ4n) is 3.18. The molecule has 3 heterocycles. The van der Waals surface area contributed by atoms with E-state index >= 15 is 0 Å². The number of nitrogens with one attached hydrogen (secondary N) is 2. The fourth-order valence-corrected chi connectivity index (χ4v) is 3.18. The summed E-state index contributed by atoms with van der Waals surface area (Å²) in [6.07, 6.45) is -1.82. The molecule has 0 fully saturated rings. The molecule has 168 valence electrons. The molecule has 1 aliphatic rings. The monoisotopic (exact) mass is 447 g/mol. The number of alkyl halides is 3. The van der Waals surface area contributed by atoms with Gasteiger partial charge in [-0.2, -0.15) is 13.2 Å². The third-order valence-electron chi connectivity index (χ3n) is 4.77. The van der Waals surface area contributed by atoms with E-state index in [1.54, 1.807) is 6.20 Å². The number of rotatable bonds is 4. The lowest BCUT2D eigenvalue weighted by molar-refractivity contribution is -0.192. The van der Waals surface area contributed by atoms with Gasteiger partial charge >= 0.3 is 12.1 Å². The van der Waals surface area contributed by atoms with E-state index in [1.165, 1.54) is 0 Å². The summed E-state index contributed by atoms with van der Waals surface area (Å²) >= 11 is 0. The molecular weight excluding hydrogens is 427 g/mol. The van der Waals surface area contributed by atoms with Crippen LogP contribution in [0.5, 0.6) is 0 Å². The van der Waals surface area contributed by atoms with E-state index in [0.29, 0.717) is 13.0 Å². The number of hydrogen-bond donors (Lipinski definition) is 4. The Hall–Kier alpha value is -3.66. The van der Waals surface area contributed by atoms with Crippen molar-refractivity contribution in [3.8, 4) is 22.5 Å². The van der Waals surface area contributed by atoms with Crippen LogP contribution in [-0.2, 0) is 17.6 Å². The summed E-state index contributed by atoms with van der Waals surface area (Å²) in [6, 6.07) is 13.9. The minimum absolute atomic E-state index is 0.0162. The van der Waals surface area contributed by atoms with Crippen molar-refractivity contribution in [1.82, 2.24) is 15.3 Å². The number of aliphatic carboxylic acids is 1. The van der Waals surface area contributed by atoms with E-state index in [-0.39, 0.29) is 12.5 Å². The van der Waals surface area contributed by atoms with E-state index in [2.05, 4.69) is 15.3 Å². The van der Waals surface area contributed by atoms with Gasteiger partial charge in [0.25, 0.3) is 5.91 Å². The van der Waals surface area contributed by atoms with Crippen molar-refractivity contribution in [1.29, 1.82) is 0 Å². The van der Waals surface area contributed by atoms with Crippen molar-refractivity contribution in [3.05, 3.63) is 65.5 Å². The first-order valence-electron chi connectivity index (χ1n) is 9.66. The molecule has 4 rings (SSSR count). The summed E-state index contributed by atoms with van der Waals surface area (Å²) in [4.78, 5) is 28.7. The third-order valence-corrected chi connectivity index (χ3v) is 4.77. The summed E-state index contributed by atoms with van der Waals surface area (Å²) in [7, 11) is 0. The molecule has 32 heavy (non-hydrogen) atoms. The Balaban J connectivity index is 0.000000360. The van der Waals surface area contributed by atoms with Crippen molar-refractivity contribution < 1.29 is 33.0 Å². The maximum absolute atomic E-state index is 11.9. The molecule has 2 aromatic heterocycles. The highest BCUT2D eigenvalue weighted by Gasteiger charge is 2.38. The van der Waals surface area contributed by atoms with Crippen molar-refractivity contribution in [3.63, 3.8) is 0 Å². The number of fused-ring (bicyclic) bond motifs is 1. The molecular formula is C22H20F3N3O4. The van der Waals surface area contributed by atoms with Gasteiger partial charge in [0.1, 0.15) is 0 Å². The van der Waals surface area contributed by atoms with Crippen LogP contribution < -0.4 is 5.32 Å². The summed E-state index contributed by atoms with van der Waals surface area (Å²) < 4.78 is 31.7. The highest BCUT2D eigenvalue weighted by atomic mass is 19.4. The molecule has 0 unspecified atom stereocenters. The first-order chi connectivity index (χ1) is 15.2. The van der Waals surface area contributed by atoms with Crippen LogP contribution in [0.2, 0.25) is 0 Å². The van der Waals surface area contributed by atoms with Gasteiger partial charge in [0.05, 0.1) is 11.3 Å². The molecule has 3 aromatic rings. The number of carbonyl (C=O) groups excluding carboxylic acids is 1. The van der Waals surface area contributed by atoms with Crippen molar-refractivity contribution in [2.24, 2.45) is 0 Å². The molecule has 1 aliphatic heterocycles. The summed E-state index contributed by atoms with van der Waals surface area (Å²) in [6.45, 7) is 0.825. The lowest BCUT2D eigenvalue weighted by atomic mass is 10.0. The molecule has 0 saturated heterocycles. The van der Waals surface area contributed by atoms with Gasteiger partial charge in [0.15, 0.2) is 0 Å². The summed E-state index contributed by atoms with van der Waals surface area (Å²) in [5.74, 6) is -2.77. The Labute approximate surface area is 180 Å². The number of aromatic nitrogens is 2. The number of pyridine rings is 1. The molecule has 4 N–H and O–H groups in total. The van der Waals surface area contributed by atoms with E-state index in [0.717, 1.165) is 45.8 Å². The lowest BCUT2D eigenvalue weighted by Gasteiger charge is -2.11. The Morgan fingerprint density at radius 3 is 2.38 bits per heavy atom. The Morgan fingerprint density at radius 2 is 1.78 bits per heavy atom. The molecule has 0 saturated carbocycles. The topological polar surface area (TPSA) is 115 Å². The van der Waals surface area contributed by atoms with Crippen LogP contribution in [0.3, 0.4) is 0 Å². The number of amides is 1. The molecule has 0 aliphatic carbocycles. The van der Waals surface area contributed by atoms with Crippen LogP contribution in [-0.4, -0.2) is 51.4 Å². The number of H-pyrrole nitrogens is 1. The second-order valence-electron chi connectivity index (χ2n) is 6.98. The number of aliphatic hydroxyl groups is 1. The average Bonchev–Trinajstić information content (AvgIpc) is 3.20. The second-order valence-corrected chi connectivity index (χ2v) is 6.98. The Morgan fingerprint density at radius 1 is 1.09 bits per heavy atom. The number of aliphatic hydroxyl groups excluding tert-OH is 1. The zero-order valence-corrected chi connectivity index (χ0v) is 16.7. The van der Waals surface area contributed by atoms with Crippen molar-refractivity contribution in [2.45, 2.75) is 19.0 Å². The van der Waals surface area contributed by atoms with Gasteiger partial charge in [-0.3, -0.25) is 9.78 Å². The molecule has 10 heteroatoms. The minimum atomic E-state index is -5.08. The SMILES string of the molecule is O=C(O)C(F)(F)F.O=C1NCCc2[nH]c(-c3ccnc(-c4ccc(CCO)cc4)c3)cc21. The van der Waals surface area contributed by atoms with Crippen LogP contribution >= 0.6 is 0 Å². The van der Waals surface area contributed by atoms with E-state index in [4.69, 9.17) is 15.0 Å². The first kappa shape index (κ1) is 23.0. The standard InChI is InChI=1S/C20H19N3O2.C2HF3O2/c24-10-7-13-1-3-14(4-2-13)18-11-15(5-8-21-18)19-12-16-17(23-19)6-9-22-20(16)25;3-2(4,5)1(6)7/h1-5,8,11-12,23-24H,6-7,9-10H2,(H,22,25);(H,6,7). The van der Waals surface area contributed by atoms with Gasteiger partial charge in [-0.1, -0.05) is 24.3 Å². The molecule has 0 radical (unpaired) electrons. The van der Waals surface area contributed by atoms with Gasteiger partial charge in [-0.05, 0) is 30.2 Å². The smallest absolute Gasteiger partial charge is 0.475 e. The van der Waals surface area contributed by atoms with E-state index in [1.807, 2.05) is 42.5 Å². The van der Waals surface area contributed by atoms with Gasteiger partial charge < -0.3 is 20.5 Å². The molecule has 0 atom stereocenters. The normalized spacial score (nSPS) is 12.9. The number of nitrogens with zero attached hydrogens (tertiary/aromatic N) is 1. The van der Waals surface area contributed by atoms with Crippen LogP contribution in [0, 0.1) is 0 Å². The largest absolute Gasteiger partial charge is 0.490 e. The van der Waals surface area contributed by atoms with E-state index < -0.39 is 12.1 Å². The Kier molecular flexibility index (Phi) is 6.94. The van der Waals surface area contributed by atoms with Gasteiger partial charge in [-0.15, -0.1) is 0 Å². The van der Waals surface area contributed by atoms with Crippen molar-refractivity contribution in [2.75, 3.05) is 13.2 Å². The number of halogens is 3. The quantitative estimate of drug-likeness (QED) is 0.490. The summed E-state index contributed by atoms with van der Waals surface area (Å²) in [5, 5.41) is 19.0. The first-order valence-corrected chi connectivity index (χ1v) is 9.66. The second kappa shape index (κ2) is 9.65. The highest BCUT2D eigenvalue weighted by Crippen LogP contribution is 2.27. The van der Waals surface area contributed by atoms with Gasteiger partial charge in [0.2, 0.25) is 0 Å². The lowest BCUT2D eigenvalue weighted by Crippen LogP contribution is -2.31. The fraction of sp³-hybridized carbons (Fsp3) is 0.227. The van der Waals surface area contributed by atoms with Crippen molar-refractivity contribution >= 4 is 11.9 Å². The molecule has 1 aromatic carbocycles. The minimum Gasteiger partial charge on any atom is -0.475 e. The molecule has 0 spiro atoms. The number of aromatic amines is 1. The van der Waals surface area contributed by atoms with Crippen LogP contribution in [0.15, 0.2) is 48.7 Å². The predicted octanol–water partition coefficient (Wildman–Crippen LogP) is 3.20. The maximum Gasteiger partial charge on any atom is 0.490 e. The third kappa shape index (κ3) is 5.52. The number of carboxylic acids is 1. The predicted molar refractivity (Wildman–Crippen MR) is 110 cm³/mol. The van der Waals surface area contributed by atoms with E-state index in [9.17, 15) is 18.0 Å². The maximum atomic E-state index is 11.9. The number of carboxylic acid groups (broad SMARTS) is 1. The molecule has 1 amide bonds. The Bertz CT molecular complexity index is 1110. The highest BCUT2D eigenvalue weighted by molar-refractivity contribution is 5.97. The number of carbonyl (C=O) groups is 2. The number of benzene rings is 1. The molecule has 0 bridgehead atoms. The van der Waals surface area contributed by atoms with Crippen LogP contribution in [0.1, 0.15) is 21.6 Å². The van der Waals surface area contributed by atoms with Crippen LogP contribution in [0.25, 0.3) is 22.5 Å². The zero-order valence-electron chi connectivity index (χ0n) is 16.7. The average molecular weight is 447 g/mol. The summed E-state index contributed by atoms with van der Waals surface area (Å²) in [5.41, 5.74) is 6.67. The van der Waals surface area contributed by atoms with Crippen LogP contribution in [0.4, 0.5) is 13.2 Å².